The maximum Gasteiger partial charge on any atom is 0.150 e. The molecule has 0 aliphatic carbocycles. The Morgan fingerprint density at radius 1 is 1.54 bits per heavy atom. The van der Waals surface area contributed by atoms with Crippen molar-refractivity contribution >= 4 is 34.7 Å². The van der Waals surface area contributed by atoms with Crippen LogP contribution in [0.25, 0.3) is 0 Å². The van der Waals surface area contributed by atoms with E-state index in [4.69, 9.17) is 0 Å². The van der Waals surface area contributed by atoms with Gasteiger partial charge in [0.15, 0.2) is 0 Å². The van der Waals surface area contributed by atoms with Crippen LogP contribution in [0.15, 0.2) is 18.2 Å². The number of aldehydes is 1. The van der Waals surface area contributed by atoms with Crippen molar-refractivity contribution in [1.82, 2.24) is 0 Å². The monoisotopic (exact) mass is 288 g/mol. The van der Waals surface area contributed by atoms with Gasteiger partial charge in [0.25, 0.3) is 0 Å². The van der Waals surface area contributed by atoms with Gasteiger partial charge in [-0.15, -0.1) is 0 Å². The highest BCUT2D eigenvalue weighted by molar-refractivity contribution is 14.1. The van der Waals surface area contributed by atoms with Crippen LogP contribution in [0.4, 0.5) is 0 Å². The normalized spacial score (nSPS) is 9.69. The number of ketones is 1. The van der Waals surface area contributed by atoms with Gasteiger partial charge >= 0.3 is 0 Å². The molecule has 1 aromatic carbocycles. The third-order valence-corrected chi connectivity index (χ3v) is 2.34. The van der Waals surface area contributed by atoms with Crippen molar-refractivity contribution in [1.29, 1.82) is 0 Å². The quantitative estimate of drug-likeness (QED) is 0.631. The highest BCUT2D eigenvalue weighted by atomic mass is 127. The van der Waals surface area contributed by atoms with Gasteiger partial charge in [0.05, 0.1) is 0 Å². The molecule has 0 atom stereocenters. The predicted molar refractivity (Wildman–Crippen MR) is 58.9 cm³/mol. The van der Waals surface area contributed by atoms with Gasteiger partial charge in [-0.3, -0.25) is 9.59 Å². The standard InChI is InChI=1S/C10H9IO2/c1-7(13)4-9-5-10(11)3-2-8(9)6-12/h2-3,5-6H,4H2,1H3. The van der Waals surface area contributed by atoms with Crippen LogP contribution in [0.1, 0.15) is 22.8 Å². The number of carbonyl (C=O) groups is 2. The Labute approximate surface area is 90.5 Å². The zero-order valence-electron chi connectivity index (χ0n) is 7.21. The van der Waals surface area contributed by atoms with Crippen LogP contribution < -0.4 is 0 Å². The molecule has 13 heavy (non-hydrogen) atoms. The second kappa shape index (κ2) is 4.50. The Kier molecular flexibility index (Phi) is 3.59. The SMILES string of the molecule is CC(=O)Cc1cc(I)ccc1C=O. The predicted octanol–water partition coefficient (Wildman–Crippen LogP) is 2.24. The molecule has 0 aliphatic heterocycles. The minimum absolute atomic E-state index is 0.0742. The largest absolute Gasteiger partial charge is 0.300 e. The van der Waals surface area contributed by atoms with Crippen LogP contribution in [-0.4, -0.2) is 12.1 Å². The van der Waals surface area contributed by atoms with Crippen molar-refractivity contribution in [2.45, 2.75) is 13.3 Å². The molecule has 0 N–H and O–H groups in total. The van der Waals surface area contributed by atoms with Gasteiger partial charge in [-0.25, -0.2) is 0 Å². The van der Waals surface area contributed by atoms with Gasteiger partial charge in [0.2, 0.25) is 0 Å². The topological polar surface area (TPSA) is 34.1 Å². The minimum atomic E-state index is 0.0742. The third-order valence-electron chi connectivity index (χ3n) is 1.67. The summed E-state index contributed by atoms with van der Waals surface area (Å²) in [5.74, 6) is 0.0742. The first-order chi connectivity index (χ1) is 6.13. The van der Waals surface area contributed by atoms with E-state index in [1.165, 1.54) is 6.92 Å². The Morgan fingerprint density at radius 2 is 2.23 bits per heavy atom. The number of hydrogen-bond acceptors (Lipinski definition) is 2. The summed E-state index contributed by atoms with van der Waals surface area (Å²) in [4.78, 5) is 21.5. The Bertz CT molecular complexity index is 345. The molecule has 0 saturated carbocycles. The summed E-state index contributed by atoms with van der Waals surface area (Å²) in [6, 6.07) is 5.46. The summed E-state index contributed by atoms with van der Waals surface area (Å²) in [6.45, 7) is 1.52. The number of benzene rings is 1. The fourth-order valence-electron chi connectivity index (χ4n) is 1.11. The van der Waals surface area contributed by atoms with Gasteiger partial charge in [-0.05, 0) is 47.2 Å². The van der Waals surface area contributed by atoms with Gasteiger partial charge < -0.3 is 0 Å². The molecule has 0 spiro atoms. The highest BCUT2D eigenvalue weighted by Gasteiger charge is 2.04. The molecule has 1 rings (SSSR count). The van der Waals surface area contributed by atoms with Crippen LogP contribution in [0.2, 0.25) is 0 Å². The van der Waals surface area contributed by atoms with Crippen molar-refractivity contribution in [2.24, 2.45) is 0 Å². The molecular weight excluding hydrogens is 279 g/mol. The summed E-state index contributed by atoms with van der Waals surface area (Å²) in [6.07, 6.45) is 1.12. The molecule has 2 nitrogen and oxygen atoms in total. The van der Waals surface area contributed by atoms with E-state index in [-0.39, 0.29) is 5.78 Å². The van der Waals surface area contributed by atoms with Crippen LogP contribution >= 0.6 is 22.6 Å². The molecule has 0 fully saturated rings. The lowest BCUT2D eigenvalue weighted by Gasteiger charge is -2.02. The molecule has 0 saturated heterocycles. The molecule has 0 aliphatic rings. The van der Waals surface area contributed by atoms with Gasteiger partial charge in [-0.2, -0.15) is 0 Å². The van der Waals surface area contributed by atoms with Crippen molar-refractivity contribution in [2.75, 3.05) is 0 Å². The first-order valence-electron chi connectivity index (χ1n) is 3.86. The zero-order valence-corrected chi connectivity index (χ0v) is 9.37. The number of Topliss-reactive ketones (excluding diaryl/α,β-unsaturated/α-hetero) is 1. The van der Waals surface area contributed by atoms with E-state index < -0.39 is 0 Å². The molecule has 1 aromatic rings. The fraction of sp³-hybridized carbons (Fsp3) is 0.200. The molecule has 0 heterocycles. The lowest BCUT2D eigenvalue weighted by Crippen LogP contribution is -2.00. The summed E-state index contributed by atoms with van der Waals surface area (Å²) in [5, 5.41) is 0. The maximum atomic E-state index is 10.9. The number of carbonyl (C=O) groups excluding carboxylic acids is 2. The summed E-state index contributed by atoms with van der Waals surface area (Å²) in [7, 11) is 0. The molecule has 68 valence electrons. The van der Waals surface area contributed by atoms with Crippen LogP contribution in [-0.2, 0) is 11.2 Å². The molecule has 0 unspecified atom stereocenters. The fourth-order valence-corrected chi connectivity index (χ4v) is 1.67. The van der Waals surface area contributed by atoms with Crippen molar-refractivity contribution in [3.63, 3.8) is 0 Å². The molecule has 0 bridgehead atoms. The molecule has 0 amide bonds. The Morgan fingerprint density at radius 3 is 2.77 bits per heavy atom. The third kappa shape index (κ3) is 2.91. The summed E-state index contributed by atoms with van der Waals surface area (Å²) >= 11 is 2.16. The van der Waals surface area contributed by atoms with E-state index in [2.05, 4.69) is 22.6 Å². The Balaban J connectivity index is 3.07. The van der Waals surface area contributed by atoms with Crippen molar-refractivity contribution < 1.29 is 9.59 Å². The zero-order chi connectivity index (χ0) is 9.84. The Hall–Kier alpha value is -0.710. The number of hydrogen-bond donors (Lipinski definition) is 0. The van der Waals surface area contributed by atoms with E-state index in [0.29, 0.717) is 12.0 Å². The lowest BCUT2D eigenvalue weighted by atomic mass is 10.0. The molecular formula is C10H9IO2. The van der Waals surface area contributed by atoms with E-state index in [1.807, 2.05) is 12.1 Å². The van der Waals surface area contributed by atoms with Gasteiger partial charge in [0.1, 0.15) is 12.1 Å². The maximum absolute atomic E-state index is 10.9. The molecule has 0 radical (unpaired) electrons. The molecule has 0 aromatic heterocycles. The van der Waals surface area contributed by atoms with Crippen molar-refractivity contribution in [3.8, 4) is 0 Å². The average Bonchev–Trinajstić information content (AvgIpc) is 2.03. The van der Waals surface area contributed by atoms with Crippen LogP contribution in [0.5, 0.6) is 0 Å². The number of halogens is 1. The first-order valence-corrected chi connectivity index (χ1v) is 4.94. The van der Waals surface area contributed by atoms with Crippen LogP contribution in [0.3, 0.4) is 0 Å². The van der Waals surface area contributed by atoms with E-state index in [0.717, 1.165) is 15.4 Å². The van der Waals surface area contributed by atoms with Gasteiger partial charge in [0, 0.05) is 15.6 Å². The smallest absolute Gasteiger partial charge is 0.150 e. The van der Waals surface area contributed by atoms with E-state index in [9.17, 15) is 9.59 Å². The summed E-state index contributed by atoms with van der Waals surface area (Å²) < 4.78 is 1.04. The van der Waals surface area contributed by atoms with Crippen LogP contribution in [0, 0.1) is 3.57 Å². The highest BCUT2D eigenvalue weighted by Crippen LogP contribution is 2.13. The number of rotatable bonds is 3. The summed E-state index contributed by atoms with van der Waals surface area (Å²) in [5.41, 5.74) is 1.42. The van der Waals surface area contributed by atoms with Crippen molar-refractivity contribution in [3.05, 3.63) is 32.9 Å². The van der Waals surface area contributed by atoms with Gasteiger partial charge in [-0.1, -0.05) is 6.07 Å². The first kappa shape index (κ1) is 10.4. The minimum Gasteiger partial charge on any atom is -0.300 e. The average molecular weight is 288 g/mol. The second-order valence-electron chi connectivity index (χ2n) is 2.84. The second-order valence-corrected chi connectivity index (χ2v) is 4.09. The van der Waals surface area contributed by atoms with E-state index >= 15 is 0 Å². The molecule has 3 heteroatoms. The van der Waals surface area contributed by atoms with E-state index in [1.54, 1.807) is 6.07 Å². The lowest BCUT2D eigenvalue weighted by molar-refractivity contribution is -0.116.